The van der Waals surface area contributed by atoms with Crippen molar-refractivity contribution >= 4 is 21.8 Å². The summed E-state index contributed by atoms with van der Waals surface area (Å²) in [6.45, 7) is 3.95. The van der Waals surface area contributed by atoms with Gasteiger partial charge in [0.1, 0.15) is 0 Å². The molecule has 1 fully saturated rings. The Bertz CT molecular complexity index is 728. The summed E-state index contributed by atoms with van der Waals surface area (Å²) < 4.78 is 31.6. The lowest BCUT2D eigenvalue weighted by Crippen LogP contribution is -2.40. The van der Waals surface area contributed by atoms with Crippen LogP contribution in [0.2, 0.25) is 0 Å². The molecule has 0 aromatic heterocycles. The zero-order valence-electron chi connectivity index (χ0n) is 15.6. The van der Waals surface area contributed by atoms with E-state index in [-0.39, 0.29) is 17.3 Å². The Morgan fingerprint density at radius 1 is 1.07 bits per heavy atom. The van der Waals surface area contributed by atoms with E-state index in [1.807, 2.05) is 0 Å². The molecular weight excluding hydrogens is 370 g/mol. The number of hydrogen-bond acceptors (Lipinski definition) is 5. The molecule has 0 atom stereocenters. The monoisotopic (exact) mass is 397 g/mol. The second kappa shape index (κ2) is 10.4. The average Bonchev–Trinajstić information content (AvgIpc) is 2.70. The molecule has 0 bridgehead atoms. The Kier molecular flexibility index (Phi) is 8.21. The van der Waals surface area contributed by atoms with Crippen LogP contribution in [0.3, 0.4) is 0 Å². The van der Waals surface area contributed by atoms with Crippen molar-refractivity contribution in [2.75, 3.05) is 39.4 Å². The van der Waals surface area contributed by atoms with Crippen LogP contribution in [0, 0.1) is 0 Å². The van der Waals surface area contributed by atoms with Gasteiger partial charge in [0.2, 0.25) is 15.9 Å². The van der Waals surface area contributed by atoms with E-state index in [4.69, 9.17) is 4.74 Å². The number of nitrogens with zero attached hydrogens (tertiary/aromatic N) is 1. The fraction of sp³-hybridized carbons (Fsp3) is 0.556. The number of sulfonamides is 1. The lowest BCUT2D eigenvalue weighted by Gasteiger charge is -2.26. The predicted molar refractivity (Wildman–Crippen MR) is 101 cm³/mol. The molecule has 0 radical (unpaired) electrons. The summed E-state index contributed by atoms with van der Waals surface area (Å²) in [6, 6.07) is 5.71. The van der Waals surface area contributed by atoms with E-state index in [0.29, 0.717) is 38.4 Å². The van der Waals surface area contributed by atoms with Gasteiger partial charge in [0.15, 0.2) is 0 Å². The predicted octanol–water partition coefficient (Wildman–Crippen LogP) is 0.744. The Morgan fingerprint density at radius 3 is 2.37 bits per heavy atom. The maximum atomic E-state index is 12.5. The van der Waals surface area contributed by atoms with Crippen molar-refractivity contribution in [2.45, 2.75) is 31.1 Å². The standard InChI is InChI=1S/C18H27N3O5S/c1-2-3-4-9-19-17(22)14-20-18(23)15-5-7-16(8-6-15)27(24,25)21-10-12-26-13-11-21/h5-8H,2-4,9-14H2,1H3,(H,19,22)(H,20,23). The molecule has 2 amide bonds. The number of amides is 2. The van der Waals surface area contributed by atoms with Gasteiger partial charge >= 0.3 is 0 Å². The van der Waals surface area contributed by atoms with Crippen LogP contribution in [0.15, 0.2) is 29.2 Å². The van der Waals surface area contributed by atoms with Crippen molar-refractivity contribution in [1.29, 1.82) is 0 Å². The van der Waals surface area contributed by atoms with Crippen molar-refractivity contribution in [3.8, 4) is 0 Å². The zero-order chi connectivity index (χ0) is 19.7. The number of ether oxygens (including phenoxy) is 1. The third kappa shape index (κ3) is 6.30. The van der Waals surface area contributed by atoms with Crippen LogP contribution in [-0.4, -0.2) is 63.9 Å². The van der Waals surface area contributed by atoms with Gasteiger partial charge in [0, 0.05) is 25.2 Å². The second-order valence-electron chi connectivity index (χ2n) is 6.28. The van der Waals surface area contributed by atoms with Crippen LogP contribution in [-0.2, 0) is 19.6 Å². The quantitative estimate of drug-likeness (QED) is 0.598. The highest BCUT2D eigenvalue weighted by atomic mass is 32.2. The van der Waals surface area contributed by atoms with E-state index in [1.165, 1.54) is 28.6 Å². The number of rotatable bonds is 9. The average molecular weight is 397 g/mol. The Morgan fingerprint density at radius 2 is 1.74 bits per heavy atom. The Balaban J connectivity index is 1.87. The van der Waals surface area contributed by atoms with Gasteiger partial charge in [-0.1, -0.05) is 19.8 Å². The first-order chi connectivity index (χ1) is 12.9. The summed E-state index contributed by atoms with van der Waals surface area (Å²) in [5.74, 6) is -0.667. The SMILES string of the molecule is CCCCCNC(=O)CNC(=O)c1ccc(S(=O)(=O)N2CCOCC2)cc1. The van der Waals surface area contributed by atoms with Gasteiger partial charge in [-0.15, -0.1) is 0 Å². The Labute approximate surface area is 160 Å². The molecule has 2 rings (SSSR count). The van der Waals surface area contributed by atoms with Crippen molar-refractivity contribution in [3.05, 3.63) is 29.8 Å². The van der Waals surface area contributed by atoms with Gasteiger partial charge in [-0.3, -0.25) is 9.59 Å². The van der Waals surface area contributed by atoms with Crippen LogP contribution >= 0.6 is 0 Å². The maximum absolute atomic E-state index is 12.5. The molecule has 0 unspecified atom stereocenters. The summed E-state index contributed by atoms with van der Waals surface area (Å²) in [7, 11) is -3.59. The van der Waals surface area contributed by atoms with E-state index < -0.39 is 15.9 Å². The minimum Gasteiger partial charge on any atom is -0.379 e. The van der Waals surface area contributed by atoms with Crippen molar-refractivity contribution in [2.24, 2.45) is 0 Å². The molecule has 1 aromatic rings. The van der Waals surface area contributed by atoms with Gasteiger partial charge in [-0.05, 0) is 30.7 Å². The summed E-state index contributed by atoms with van der Waals surface area (Å²) in [4.78, 5) is 23.9. The fourth-order valence-corrected chi connectivity index (χ4v) is 4.05. The van der Waals surface area contributed by atoms with E-state index >= 15 is 0 Å². The lowest BCUT2D eigenvalue weighted by atomic mass is 10.2. The maximum Gasteiger partial charge on any atom is 0.251 e. The number of carbonyl (C=O) groups is 2. The van der Waals surface area contributed by atoms with Crippen LogP contribution in [0.25, 0.3) is 0 Å². The molecule has 1 aromatic carbocycles. The number of nitrogens with one attached hydrogen (secondary N) is 2. The van der Waals surface area contributed by atoms with Crippen LogP contribution in [0.1, 0.15) is 36.5 Å². The molecule has 9 heteroatoms. The number of benzene rings is 1. The van der Waals surface area contributed by atoms with Gasteiger partial charge in [-0.2, -0.15) is 4.31 Å². The smallest absolute Gasteiger partial charge is 0.251 e. The van der Waals surface area contributed by atoms with Gasteiger partial charge in [0.25, 0.3) is 5.91 Å². The molecule has 1 aliphatic rings. The first-order valence-electron chi connectivity index (χ1n) is 9.18. The normalized spacial score (nSPS) is 15.3. The minimum absolute atomic E-state index is 0.112. The van der Waals surface area contributed by atoms with E-state index in [9.17, 15) is 18.0 Å². The third-order valence-electron chi connectivity index (χ3n) is 4.24. The van der Waals surface area contributed by atoms with Crippen LogP contribution in [0.4, 0.5) is 0 Å². The number of hydrogen-bond donors (Lipinski definition) is 2. The van der Waals surface area contributed by atoms with Gasteiger partial charge in [0.05, 0.1) is 24.7 Å². The third-order valence-corrected chi connectivity index (χ3v) is 6.15. The molecular formula is C18H27N3O5S. The van der Waals surface area contributed by atoms with Crippen molar-refractivity contribution in [1.82, 2.24) is 14.9 Å². The van der Waals surface area contributed by atoms with Crippen molar-refractivity contribution < 1.29 is 22.7 Å². The summed E-state index contributed by atoms with van der Waals surface area (Å²) in [6.07, 6.45) is 3.03. The molecule has 150 valence electrons. The molecule has 0 aliphatic carbocycles. The van der Waals surface area contributed by atoms with Crippen LogP contribution < -0.4 is 10.6 Å². The molecule has 1 heterocycles. The van der Waals surface area contributed by atoms with Gasteiger partial charge < -0.3 is 15.4 Å². The molecule has 27 heavy (non-hydrogen) atoms. The molecule has 0 spiro atoms. The van der Waals surface area contributed by atoms with E-state index in [2.05, 4.69) is 17.6 Å². The summed E-state index contributed by atoms with van der Waals surface area (Å²) in [5, 5.41) is 5.27. The molecule has 0 saturated carbocycles. The number of morpholine rings is 1. The minimum atomic E-state index is -3.59. The first-order valence-corrected chi connectivity index (χ1v) is 10.6. The van der Waals surface area contributed by atoms with E-state index in [1.54, 1.807) is 0 Å². The first kappa shape index (κ1) is 21.3. The second-order valence-corrected chi connectivity index (χ2v) is 8.22. The number of carbonyl (C=O) groups excluding carboxylic acids is 2. The lowest BCUT2D eigenvalue weighted by molar-refractivity contribution is -0.120. The molecule has 8 nitrogen and oxygen atoms in total. The molecule has 1 aliphatic heterocycles. The largest absolute Gasteiger partial charge is 0.379 e. The Hall–Kier alpha value is -1.97. The fourth-order valence-electron chi connectivity index (χ4n) is 2.64. The zero-order valence-corrected chi connectivity index (χ0v) is 16.4. The highest BCUT2D eigenvalue weighted by Crippen LogP contribution is 2.17. The highest BCUT2D eigenvalue weighted by molar-refractivity contribution is 7.89. The number of unbranched alkanes of at least 4 members (excludes halogenated alkanes) is 2. The summed E-state index contributed by atoms with van der Waals surface area (Å²) in [5.41, 5.74) is 0.301. The van der Waals surface area contributed by atoms with E-state index in [0.717, 1.165) is 19.3 Å². The summed E-state index contributed by atoms with van der Waals surface area (Å²) >= 11 is 0. The molecule has 1 saturated heterocycles. The highest BCUT2D eigenvalue weighted by Gasteiger charge is 2.26. The van der Waals surface area contributed by atoms with Gasteiger partial charge in [-0.25, -0.2) is 8.42 Å². The van der Waals surface area contributed by atoms with Crippen molar-refractivity contribution in [3.63, 3.8) is 0 Å². The topological polar surface area (TPSA) is 105 Å². The molecule has 2 N–H and O–H groups in total. The van der Waals surface area contributed by atoms with Crippen LogP contribution in [0.5, 0.6) is 0 Å².